The number of nitrogens with two attached hydrogens (primary N) is 1. The minimum absolute atomic E-state index is 0.191. The number of para-hydroxylation sites is 1. The molecule has 2 aromatic carbocycles. The van der Waals surface area contributed by atoms with Crippen LogP contribution in [-0.2, 0) is 4.79 Å². The van der Waals surface area contributed by atoms with Crippen LogP contribution in [0.25, 0.3) is 10.9 Å². The fourth-order valence-corrected chi connectivity index (χ4v) is 2.59. The number of hydrogen-bond donors (Lipinski definition) is 2. The maximum absolute atomic E-state index is 12.4. The van der Waals surface area contributed by atoms with Crippen molar-refractivity contribution in [3.8, 4) is 0 Å². The van der Waals surface area contributed by atoms with Crippen molar-refractivity contribution in [3.05, 3.63) is 71.9 Å². The van der Waals surface area contributed by atoms with E-state index in [0.717, 1.165) is 5.39 Å². The van der Waals surface area contributed by atoms with E-state index in [2.05, 4.69) is 5.43 Å². The van der Waals surface area contributed by atoms with Crippen LogP contribution < -0.4 is 11.2 Å². The SMILES string of the molecule is NC(=O)c1cc2ccccc2n1NC(=O)C(Cl)c1ccccc1. The molecule has 0 bridgehead atoms. The van der Waals surface area contributed by atoms with E-state index < -0.39 is 17.2 Å². The molecule has 116 valence electrons. The molecule has 0 radical (unpaired) electrons. The molecule has 6 heteroatoms. The first-order valence-electron chi connectivity index (χ1n) is 6.98. The Labute approximate surface area is 137 Å². The lowest BCUT2D eigenvalue weighted by molar-refractivity contribution is -0.116. The first-order valence-corrected chi connectivity index (χ1v) is 7.42. The summed E-state index contributed by atoms with van der Waals surface area (Å²) in [5.74, 6) is -1.07. The van der Waals surface area contributed by atoms with Crippen LogP contribution in [0.1, 0.15) is 21.4 Å². The Morgan fingerprint density at radius 2 is 1.70 bits per heavy atom. The smallest absolute Gasteiger partial charge is 0.267 e. The van der Waals surface area contributed by atoms with E-state index in [0.29, 0.717) is 11.1 Å². The van der Waals surface area contributed by atoms with Gasteiger partial charge in [-0.2, -0.15) is 0 Å². The molecule has 0 aliphatic rings. The van der Waals surface area contributed by atoms with E-state index in [4.69, 9.17) is 17.3 Å². The van der Waals surface area contributed by atoms with Gasteiger partial charge in [-0.05, 0) is 17.7 Å². The molecule has 0 fully saturated rings. The lowest BCUT2D eigenvalue weighted by atomic mass is 10.1. The van der Waals surface area contributed by atoms with Crippen molar-refractivity contribution in [1.82, 2.24) is 4.68 Å². The molecule has 0 aliphatic carbocycles. The Morgan fingerprint density at radius 3 is 2.39 bits per heavy atom. The summed E-state index contributed by atoms with van der Waals surface area (Å²) in [6, 6.07) is 17.9. The Balaban J connectivity index is 1.96. The van der Waals surface area contributed by atoms with Gasteiger partial charge >= 0.3 is 0 Å². The van der Waals surface area contributed by atoms with E-state index in [1.54, 1.807) is 36.4 Å². The summed E-state index contributed by atoms with van der Waals surface area (Å²) < 4.78 is 1.37. The largest absolute Gasteiger partial charge is 0.364 e. The van der Waals surface area contributed by atoms with Crippen LogP contribution in [0.15, 0.2) is 60.7 Å². The number of amides is 2. The molecule has 3 N–H and O–H groups in total. The van der Waals surface area contributed by atoms with Gasteiger partial charge in [0, 0.05) is 5.39 Å². The molecule has 3 aromatic rings. The third-order valence-electron chi connectivity index (χ3n) is 3.51. The minimum atomic E-state index is -0.877. The van der Waals surface area contributed by atoms with Crippen LogP contribution in [0, 0.1) is 0 Å². The molecular formula is C17H14ClN3O2. The molecule has 1 unspecified atom stereocenters. The number of nitrogens with zero attached hydrogens (tertiary/aromatic N) is 1. The first-order chi connectivity index (χ1) is 11.1. The predicted octanol–water partition coefficient (Wildman–Crippen LogP) is 2.79. The van der Waals surface area contributed by atoms with Gasteiger partial charge in [0.15, 0.2) is 0 Å². The van der Waals surface area contributed by atoms with E-state index in [-0.39, 0.29) is 5.69 Å². The summed E-state index contributed by atoms with van der Waals surface area (Å²) in [6.07, 6.45) is 0. The molecule has 2 amide bonds. The van der Waals surface area contributed by atoms with Gasteiger partial charge in [-0.1, -0.05) is 48.5 Å². The second-order valence-corrected chi connectivity index (χ2v) is 5.47. The fraction of sp³-hybridized carbons (Fsp3) is 0.0588. The van der Waals surface area contributed by atoms with Crippen LogP contribution in [0.2, 0.25) is 0 Å². The highest BCUT2D eigenvalue weighted by Crippen LogP contribution is 2.22. The normalized spacial score (nSPS) is 12.0. The molecule has 1 aromatic heterocycles. The second kappa shape index (κ2) is 6.14. The van der Waals surface area contributed by atoms with Crippen molar-refractivity contribution >= 4 is 34.3 Å². The standard InChI is InChI=1S/C17H14ClN3O2/c18-15(11-6-2-1-3-7-11)17(23)20-21-13-9-5-4-8-12(13)10-14(21)16(19)22/h1-10,15H,(H2,19,22)(H,20,23). The quantitative estimate of drug-likeness (QED) is 0.723. The van der Waals surface area contributed by atoms with E-state index in [1.807, 2.05) is 24.3 Å². The zero-order valence-corrected chi connectivity index (χ0v) is 12.8. The number of carbonyl (C=O) groups is 2. The van der Waals surface area contributed by atoms with Gasteiger partial charge in [-0.25, -0.2) is 4.68 Å². The summed E-state index contributed by atoms with van der Waals surface area (Å²) in [4.78, 5) is 24.0. The summed E-state index contributed by atoms with van der Waals surface area (Å²) in [7, 11) is 0. The van der Waals surface area contributed by atoms with Crippen molar-refractivity contribution < 1.29 is 9.59 Å². The van der Waals surface area contributed by atoms with Crippen molar-refractivity contribution in [2.24, 2.45) is 5.73 Å². The lowest BCUT2D eigenvalue weighted by Crippen LogP contribution is -2.30. The van der Waals surface area contributed by atoms with Crippen LogP contribution in [0.4, 0.5) is 0 Å². The Kier molecular flexibility index (Phi) is 4.04. The van der Waals surface area contributed by atoms with Gasteiger partial charge in [0.1, 0.15) is 11.1 Å². The summed E-state index contributed by atoms with van der Waals surface area (Å²) in [5, 5.41) is -0.0782. The number of halogens is 1. The third-order valence-corrected chi connectivity index (χ3v) is 3.96. The zero-order chi connectivity index (χ0) is 16.4. The maximum Gasteiger partial charge on any atom is 0.267 e. The topological polar surface area (TPSA) is 77.1 Å². The average Bonchev–Trinajstić information content (AvgIpc) is 2.94. The van der Waals surface area contributed by atoms with Gasteiger partial charge in [-0.3, -0.25) is 15.0 Å². The molecule has 0 spiro atoms. The van der Waals surface area contributed by atoms with Gasteiger partial charge in [0.05, 0.1) is 5.52 Å². The Bertz CT molecular complexity index is 874. The molecule has 0 saturated carbocycles. The molecule has 23 heavy (non-hydrogen) atoms. The minimum Gasteiger partial charge on any atom is -0.364 e. The summed E-state index contributed by atoms with van der Waals surface area (Å²) >= 11 is 6.22. The van der Waals surface area contributed by atoms with Crippen LogP contribution in [0.3, 0.4) is 0 Å². The number of alkyl halides is 1. The fourth-order valence-electron chi connectivity index (χ4n) is 2.40. The number of fused-ring (bicyclic) bond motifs is 1. The molecule has 3 rings (SSSR count). The van der Waals surface area contributed by atoms with E-state index in [1.165, 1.54) is 4.68 Å². The maximum atomic E-state index is 12.4. The van der Waals surface area contributed by atoms with Crippen molar-refractivity contribution in [1.29, 1.82) is 0 Å². The highest BCUT2D eigenvalue weighted by atomic mass is 35.5. The highest BCUT2D eigenvalue weighted by Gasteiger charge is 2.21. The molecular weight excluding hydrogens is 314 g/mol. The number of aromatic nitrogens is 1. The van der Waals surface area contributed by atoms with Gasteiger partial charge in [-0.15, -0.1) is 11.6 Å². The lowest BCUT2D eigenvalue weighted by Gasteiger charge is -2.14. The summed E-state index contributed by atoms with van der Waals surface area (Å²) in [6.45, 7) is 0. The third kappa shape index (κ3) is 2.91. The van der Waals surface area contributed by atoms with Crippen molar-refractivity contribution in [2.75, 3.05) is 5.43 Å². The van der Waals surface area contributed by atoms with Crippen LogP contribution >= 0.6 is 11.6 Å². The number of carbonyl (C=O) groups excluding carboxylic acids is 2. The Morgan fingerprint density at radius 1 is 1.04 bits per heavy atom. The van der Waals surface area contributed by atoms with Crippen LogP contribution in [-0.4, -0.2) is 16.5 Å². The number of benzene rings is 2. The van der Waals surface area contributed by atoms with E-state index >= 15 is 0 Å². The zero-order valence-electron chi connectivity index (χ0n) is 12.1. The van der Waals surface area contributed by atoms with Gasteiger partial charge < -0.3 is 5.73 Å². The van der Waals surface area contributed by atoms with E-state index in [9.17, 15) is 9.59 Å². The number of nitrogens with one attached hydrogen (secondary N) is 1. The van der Waals surface area contributed by atoms with Crippen molar-refractivity contribution in [3.63, 3.8) is 0 Å². The highest BCUT2D eigenvalue weighted by molar-refractivity contribution is 6.32. The average molecular weight is 328 g/mol. The Hall–Kier alpha value is -2.79. The monoisotopic (exact) mass is 327 g/mol. The number of rotatable bonds is 4. The van der Waals surface area contributed by atoms with Crippen LogP contribution in [0.5, 0.6) is 0 Å². The molecule has 1 atom stereocenters. The molecule has 5 nitrogen and oxygen atoms in total. The molecule has 1 heterocycles. The van der Waals surface area contributed by atoms with Gasteiger partial charge in [0.2, 0.25) is 0 Å². The molecule has 0 aliphatic heterocycles. The first kappa shape index (κ1) is 15.1. The number of hydrogen-bond acceptors (Lipinski definition) is 2. The second-order valence-electron chi connectivity index (χ2n) is 5.04. The number of primary amides is 1. The van der Waals surface area contributed by atoms with Gasteiger partial charge in [0.25, 0.3) is 11.8 Å². The van der Waals surface area contributed by atoms with Crippen molar-refractivity contribution in [2.45, 2.75) is 5.38 Å². The predicted molar refractivity (Wildman–Crippen MR) is 89.9 cm³/mol. The molecule has 0 saturated heterocycles. The summed E-state index contributed by atoms with van der Waals surface area (Å²) in [5.41, 5.74) is 9.59.